The first-order valence-corrected chi connectivity index (χ1v) is 12.3. The summed E-state index contributed by atoms with van der Waals surface area (Å²) in [5, 5.41) is 6.47. The van der Waals surface area contributed by atoms with Crippen molar-refractivity contribution in [3.8, 4) is 10.6 Å². The highest BCUT2D eigenvalue weighted by atomic mass is 32.1. The number of aromatic nitrogens is 4. The minimum atomic E-state index is 0.0488. The lowest BCUT2D eigenvalue weighted by Gasteiger charge is -2.37. The molecule has 0 spiro atoms. The normalized spacial score (nSPS) is 15.8. The number of thiazole rings is 1. The van der Waals surface area contributed by atoms with Gasteiger partial charge in [0.25, 0.3) is 0 Å². The van der Waals surface area contributed by atoms with Gasteiger partial charge in [0.05, 0.1) is 11.7 Å². The zero-order valence-corrected chi connectivity index (χ0v) is 19.9. The molecule has 1 atom stereocenters. The number of rotatable bonds is 7. The second-order valence-electron chi connectivity index (χ2n) is 8.36. The molecular weight excluding hydrogens is 444 g/mol. The summed E-state index contributed by atoms with van der Waals surface area (Å²) in [5.41, 5.74) is 9.22. The highest BCUT2D eigenvalue weighted by Gasteiger charge is 2.25. The maximum atomic E-state index is 6.00. The van der Waals surface area contributed by atoms with Gasteiger partial charge in [0.2, 0.25) is 11.9 Å². The number of nitrogens with zero attached hydrogens (tertiary/aromatic N) is 6. The van der Waals surface area contributed by atoms with Gasteiger partial charge in [-0.2, -0.15) is 15.0 Å². The Labute approximate surface area is 203 Å². The molecule has 0 aliphatic carbocycles. The number of hydrogen-bond acceptors (Lipinski definition) is 9. The van der Waals surface area contributed by atoms with Gasteiger partial charge in [-0.15, -0.1) is 11.3 Å². The second-order valence-corrected chi connectivity index (χ2v) is 9.22. The van der Waals surface area contributed by atoms with Crippen LogP contribution in [0.4, 0.5) is 17.6 Å². The second kappa shape index (κ2) is 10.3. The van der Waals surface area contributed by atoms with Crippen LogP contribution in [0.2, 0.25) is 0 Å². The van der Waals surface area contributed by atoms with Crippen LogP contribution >= 0.6 is 11.3 Å². The monoisotopic (exact) mass is 472 g/mol. The molecule has 1 unspecified atom stereocenters. The third-order valence-corrected chi connectivity index (χ3v) is 6.93. The van der Waals surface area contributed by atoms with Crippen molar-refractivity contribution in [2.24, 2.45) is 0 Å². The molecule has 4 aromatic rings. The summed E-state index contributed by atoms with van der Waals surface area (Å²) in [6, 6.07) is 20.2. The van der Waals surface area contributed by atoms with E-state index in [1.165, 1.54) is 5.56 Å². The fraction of sp³-hybridized carbons (Fsp3) is 0.280. The summed E-state index contributed by atoms with van der Waals surface area (Å²) in [7, 11) is 0. The third-order valence-electron chi connectivity index (χ3n) is 5.99. The van der Waals surface area contributed by atoms with Crippen molar-refractivity contribution >= 4 is 28.9 Å². The first-order valence-electron chi connectivity index (χ1n) is 11.4. The quantitative estimate of drug-likeness (QED) is 0.413. The highest BCUT2D eigenvalue weighted by Crippen LogP contribution is 2.25. The SMILES string of the molecule is CC(c1nc(N)nc(Nc2ccccc2)n1)N1CCN(Cc2csc(-c3ccccc3)n2)CC1. The fourth-order valence-electron chi connectivity index (χ4n) is 4.10. The Kier molecular flexibility index (Phi) is 6.75. The molecule has 8 nitrogen and oxygen atoms in total. The van der Waals surface area contributed by atoms with Crippen molar-refractivity contribution in [3.05, 3.63) is 77.6 Å². The van der Waals surface area contributed by atoms with Gasteiger partial charge < -0.3 is 11.1 Å². The van der Waals surface area contributed by atoms with Crippen molar-refractivity contribution in [3.63, 3.8) is 0 Å². The Morgan fingerprint density at radius 3 is 2.35 bits per heavy atom. The van der Waals surface area contributed by atoms with E-state index in [2.05, 4.69) is 66.6 Å². The average Bonchev–Trinajstić information content (AvgIpc) is 3.33. The van der Waals surface area contributed by atoms with Crippen LogP contribution in [0.3, 0.4) is 0 Å². The van der Waals surface area contributed by atoms with Crippen molar-refractivity contribution < 1.29 is 0 Å². The Bertz CT molecular complexity index is 1210. The number of nitrogens with one attached hydrogen (secondary N) is 1. The summed E-state index contributed by atoms with van der Waals surface area (Å²) in [5.74, 6) is 1.38. The molecule has 3 heterocycles. The molecule has 0 radical (unpaired) electrons. The van der Waals surface area contributed by atoms with Crippen LogP contribution in [0.1, 0.15) is 24.5 Å². The Morgan fingerprint density at radius 1 is 0.912 bits per heavy atom. The molecule has 0 saturated carbocycles. The summed E-state index contributed by atoms with van der Waals surface area (Å²) in [6.45, 7) is 6.81. The van der Waals surface area contributed by atoms with Gasteiger partial charge in [-0.1, -0.05) is 48.5 Å². The van der Waals surface area contributed by atoms with Gasteiger partial charge in [0, 0.05) is 49.4 Å². The number of nitrogen functional groups attached to an aromatic ring is 1. The van der Waals surface area contributed by atoms with E-state index in [-0.39, 0.29) is 12.0 Å². The zero-order chi connectivity index (χ0) is 23.3. The molecule has 1 aliphatic heterocycles. The maximum absolute atomic E-state index is 6.00. The molecular formula is C25H28N8S. The standard InChI is InChI=1S/C25H28N8S/c1-18(22-29-24(26)31-25(30-22)28-20-10-6-3-7-11-20)33-14-12-32(13-15-33)16-21-17-34-23(27-21)19-8-4-2-5-9-19/h2-11,17-18H,12-16H2,1H3,(H3,26,28,29,30,31). The van der Waals surface area contributed by atoms with E-state index in [9.17, 15) is 0 Å². The number of para-hydroxylation sites is 1. The van der Waals surface area contributed by atoms with Crippen molar-refractivity contribution in [2.45, 2.75) is 19.5 Å². The number of piperazine rings is 1. The number of hydrogen-bond donors (Lipinski definition) is 2. The first kappa shape index (κ1) is 22.4. The van der Waals surface area contributed by atoms with Crippen molar-refractivity contribution in [2.75, 3.05) is 37.2 Å². The van der Waals surface area contributed by atoms with Crippen molar-refractivity contribution in [1.82, 2.24) is 29.7 Å². The molecule has 1 aliphatic rings. The van der Waals surface area contributed by atoms with Gasteiger partial charge in [-0.3, -0.25) is 9.80 Å². The Hall–Kier alpha value is -3.40. The molecule has 2 aromatic carbocycles. The van der Waals surface area contributed by atoms with Gasteiger partial charge >= 0.3 is 0 Å². The predicted molar refractivity (Wildman–Crippen MR) is 137 cm³/mol. The fourth-order valence-corrected chi connectivity index (χ4v) is 4.91. The Morgan fingerprint density at radius 2 is 1.62 bits per heavy atom. The molecule has 5 rings (SSSR count). The van der Waals surface area contributed by atoms with Crippen LogP contribution < -0.4 is 11.1 Å². The van der Waals surface area contributed by atoms with Gasteiger partial charge in [-0.05, 0) is 19.1 Å². The molecule has 1 fully saturated rings. The predicted octanol–water partition coefficient (Wildman–Crippen LogP) is 4.20. The lowest BCUT2D eigenvalue weighted by atomic mass is 10.2. The van der Waals surface area contributed by atoms with Crippen LogP contribution in [0.15, 0.2) is 66.0 Å². The van der Waals surface area contributed by atoms with E-state index in [0.717, 1.165) is 49.1 Å². The third kappa shape index (κ3) is 5.39. The highest BCUT2D eigenvalue weighted by molar-refractivity contribution is 7.13. The first-order chi connectivity index (χ1) is 16.6. The van der Waals surface area contributed by atoms with E-state index in [1.807, 2.05) is 36.4 Å². The van der Waals surface area contributed by atoms with Gasteiger partial charge in [-0.25, -0.2) is 4.98 Å². The topological polar surface area (TPSA) is 96.1 Å². The van der Waals surface area contributed by atoms with Crippen LogP contribution in [-0.4, -0.2) is 55.9 Å². The molecule has 0 bridgehead atoms. The Balaban J connectivity index is 1.18. The number of anilines is 3. The zero-order valence-electron chi connectivity index (χ0n) is 19.1. The van der Waals surface area contributed by atoms with E-state index in [4.69, 9.17) is 10.7 Å². The molecule has 1 saturated heterocycles. The van der Waals surface area contributed by atoms with Crippen molar-refractivity contribution in [1.29, 1.82) is 0 Å². The number of nitrogens with two attached hydrogens (primary N) is 1. The van der Waals surface area contributed by atoms with Gasteiger partial charge in [0.15, 0.2) is 5.82 Å². The minimum Gasteiger partial charge on any atom is -0.368 e. The lowest BCUT2D eigenvalue weighted by molar-refractivity contribution is 0.0941. The summed E-state index contributed by atoms with van der Waals surface area (Å²) in [6.07, 6.45) is 0. The smallest absolute Gasteiger partial charge is 0.232 e. The lowest BCUT2D eigenvalue weighted by Crippen LogP contribution is -2.47. The van der Waals surface area contributed by atoms with E-state index >= 15 is 0 Å². The maximum Gasteiger partial charge on any atom is 0.232 e. The molecule has 0 amide bonds. The van der Waals surface area contributed by atoms with E-state index < -0.39 is 0 Å². The van der Waals surface area contributed by atoms with Crippen LogP contribution in [0.25, 0.3) is 10.6 Å². The minimum absolute atomic E-state index is 0.0488. The van der Waals surface area contributed by atoms with E-state index in [1.54, 1.807) is 11.3 Å². The van der Waals surface area contributed by atoms with Gasteiger partial charge in [0.1, 0.15) is 5.01 Å². The van der Waals surface area contributed by atoms with E-state index in [0.29, 0.717) is 11.8 Å². The summed E-state index contributed by atoms with van der Waals surface area (Å²) < 4.78 is 0. The largest absolute Gasteiger partial charge is 0.368 e. The van der Waals surface area contributed by atoms with Crippen LogP contribution in [-0.2, 0) is 6.54 Å². The molecule has 174 valence electrons. The average molecular weight is 473 g/mol. The molecule has 9 heteroatoms. The van der Waals surface area contributed by atoms with Crippen LogP contribution in [0.5, 0.6) is 0 Å². The molecule has 34 heavy (non-hydrogen) atoms. The number of benzene rings is 2. The summed E-state index contributed by atoms with van der Waals surface area (Å²) in [4.78, 5) is 23.0. The van der Waals surface area contributed by atoms with Crippen LogP contribution in [0, 0.1) is 0 Å². The molecule has 2 aromatic heterocycles. The summed E-state index contributed by atoms with van der Waals surface area (Å²) >= 11 is 1.71. The molecule has 3 N–H and O–H groups in total.